The molecular weight excluding hydrogens is 248 g/mol. The van der Waals surface area contributed by atoms with Crippen LogP contribution in [-0.2, 0) is 6.42 Å². The summed E-state index contributed by atoms with van der Waals surface area (Å²) in [6.07, 6.45) is 5.13. The van der Waals surface area contributed by atoms with Gasteiger partial charge >= 0.3 is 0 Å². The molecule has 0 saturated carbocycles. The Kier molecular flexibility index (Phi) is 6.21. The fourth-order valence-corrected chi connectivity index (χ4v) is 2.16. The SMILES string of the molecule is CCC(C)n1ccc(CC(CC(C)C(C)(C)C)NN)n1. The van der Waals surface area contributed by atoms with Crippen LogP contribution in [0.25, 0.3) is 0 Å². The van der Waals surface area contributed by atoms with E-state index in [2.05, 4.69) is 69.0 Å². The third kappa shape index (κ3) is 4.91. The molecule has 0 bridgehead atoms. The van der Waals surface area contributed by atoms with Gasteiger partial charge in [-0.2, -0.15) is 5.10 Å². The Labute approximate surface area is 124 Å². The number of hydrogen-bond acceptors (Lipinski definition) is 3. The molecule has 0 radical (unpaired) electrons. The van der Waals surface area contributed by atoms with Crippen LogP contribution in [0.15, 0.2) is 12.3 Å². The molecule has 0 spiro atoms. The van der Waals surface area contributed by atoms with Crippen molar-refractivity contribution in [2.75, 3.05) is 0 Å². The Morgan fingerprint density at radius 1 is 1.35 bits per heavy atom. The predicted octanol–water partition coefficient (Wildman–Crippen LogP) is 3.30. The summed E-state index contributed by atoms with van der Waals surface area (Å²) in [4.78, 5) is 0. The second-order valence-electron chi connectivity index (χ2n) is 7.11. The fourth-order valence-electron chi connectivity index (χ4n) is 2.16. The van der Waals surface area contributed by atoms with Gasteiger partial charge < -0.3 is 0 Å². The average Bonchev–Trinajstić information content (AvgIpc) is 2.84. The van der Waals surface area contributed by atoms with Crippen LogP contribution in [0.5, 0.6) is 0 Å². The van der Waals surface area contributed by atoms with Gasteiger partial charge in [0.1, 0.15) is 0 Å². The molecule has 4 heteroatoms. The van der Waals surface area contributed by atoms with Crippen LogP contribution in [-0.4, -0.2) is 15.8 Å². The molecule has 20 heavy (non-hydrogen) atoms. The summed E-state index contributed by atoms with van der Waals surface area (Å²) in [5.74, 6) is 6.33. The van der Waals surface area contributed by atoms with E-state index in [1.807, 2.05) is 0 Å². The van der Waals surface area contributed by atoms with Crippen molar-refractivity contribution in [3.05, 3.63) is 18.0 Å². The van der Waals surface area contributed by atoms with E-state index in [1.54, 1.807) is 0 Å². The number of hydrazine groups is 1. The Balaban J connectivity index is 2.62. The molecule has 1 aromatic heterocycles. The first-order valence-corrected chi connectivity index (χ1v) is 7.78. The van der Waals surface area contributed by atoms with Crippen molar-refractivity contribution in [1.29, 1.82) is 0 Å². The van der Waals surface area contributed by atoms with E-state index >= 15 is 0 Å². The lowest BCUT2D eigenvalue weighted by Crippen LogP contribution is -2.39. The summed E-state index contributed by atoms with van der Waals surface area (Å²) in [6.45, 7) is 13.5. The van der Waals surface area contributed by atoms with Crippen LogP contribution in [0.1, 0.15) is 66.1 Å². The summed E-state index contributed by atoms with van der Waals surface area (Å²) < 4.78 is 2.05. The number of rotatable bonds is 7. The van der Waals surface area contributed by atoms with Gasteiger partial charge in [0.2, 0.25) is 0 Å². The highest BCUT2D eigenvalue weighted by Gasteiger charge is 2.23. The zero-order valence-corrected chi connectivity index (χ0v) is 14.0. The molecule has 3 unspecified atom stereocenters. The van der Waals surface area contributed by atoms with Crippen LogP contribution in [0, 0.1) is 11.3 Å². The second-order valence-corrected chi connectivity index (χ2v) is 7.11. The number of nitrogens with zero attached hydrogens (tertiary/aromatic N) is 2. The van der Waals surface area contributed by atoms with Gasteiger partial charge in [-0.1, -0.05) is 34.6 Å². The molecule has 0 aliphatic heterocycles. The van der Waals surface area contributed by atoms with E-state index in [-0.39, 0.29) is 6.04 Å². The molecule has 0 aromatic carbocycles. The van der Waals surface area contributed by atoms with E-state index < -0.39 is 0 Å². The normalized spacial score (nSPS) is 16.9. The monoisotopic (exact) mass is 280 g/mol. The van der Waals surface area contributed by atoms with Crippen molar-refractivity contribution in [2.24, 2.45) is 17.2 Å². The van der Waals surface area contributed by atoms with Crippen molar-refractivity contribution in [2.45, 2.75) is 72.9 Å². The van der Waals surface area contributed by atoms with E-state index in [4.69, 9.17) is 5.84 Å². The maximum absolute atomic E-state index is 5.72. The molecule has 1 heterocycles. The minimum Gasteiger partial charge on any atom is -0.271 e. The largest absolute Gasteiger partial charge is 0.271 e. The molecule has 0 aliphatic carbocycles. The van der Waals surface area contributed by atoms with Gasteiger partial charge in [0.25, 0.3) is 0 Å². The van der Waals surface area contributed by atoms with E-state index in [9.17, 15) is 0 Å². The quantitative estimate of drug-likeness (QED) is 0.595. The lowest BCUT2D eigenvalue weighted by molar-refractivity contribution is 0.222. The van der Waals surface area contributed by atoms with Gasteiger partial charge in [0.15, 0.2) is 0 Å². The first kappa shape index (κ1) is 17.2. The Hall–Kier alpha value is -0.870. The van der Waals surface area contributed by atoms with Crippen molar-refractivity contribution in [1.82, 2.24) is 15.2 Å². The van der Waals surface area contributed by atoms with Crippen LogP contribution in [0.3, 0.4) is 0 Å². The molecule has 1 aromatic rings. The fraction of sp³-hybridized carbons (Fsp3) is 0.812. The molecule has 1 rings (SSSR count). The zero-order chi connectivity index (χ0) is 15.3. The third-order valence-electron chi connectivity index (χ3n) is 4.51. The average molecular weight is 280 g/mol. The summed E-state index contributed by atoms with van der Waals surface area (Å²) in [7, 11) is 0. The maximum atomic E-state index is 5.72. The van der Waals surface area contributed by atoms with Crippen molar-refractivity contribution >= 4 is 0 Å². The summed E-state index contributed by atoms with van der Waals surface area (Å²) in [6, 6.07) is 2.85. The standard InChI is InChI=1S/C16H32N4/c1-7-13(3)20-9-8-14(19-20)11-15(18-17)10-12(2)16(4,5)6/h8-9,12-13,15,18H,7,10-11,17H2,1-6H3. The molecule has 3 atom stereocenters. The molecular formula is C16H32N4. The Morgan fingerprint density at radius 2 is 2.00 bits per heavy atom. The van der Waals surface area contributed by atoms with Gasteiger partial charge in [0.05, 0.1) is 5.69 Å². The number of aromatic nitrogens is 2. The van der Waals surface area contributed by atoms with Crippen molar-refractivity contribution < 1.29 is 0 Å². The predicted molar refractivity (Wildman–Crippen MR) is 85.3 cm³/mol. The van der Waals surface area contributed by atoms with Crippen molar-refractivity contribution in [3.8, 4) is 0 Å². The second kappa shape index (κ2) is 7.23. The lowest BCUT2D eigenvalue weighted by Gasteiger charge is -2.30. The summed E-state index contributed by atoms with van der Waals surface area (Å²) in [5, 5.41) is 4.66. The molecule has 3 N–H and O–H groups in total. The van der Waals surface area contributed by atoms with Crippen LogP contribution in [0.4, 0.5) is 0 Å². The Morgan fingerprint density at radius 3 is 2.50 bits per heavy atom. The van der Waals surface area contributed by atoms with Gasteiger partial charge in [-0.25, -0.2) is 0 Å². The van der Waals surface area contributed by atoms with Crippen molar-refractivity contribution in [3.63, 3.8) is 0 Å². The summed E-state index contributed by atoms with van der Waals surface area (Å²) in [5.41, 5.74) is 4.39. The van der Waals surface area contributed by atoms with E-state index in [0.717, 1.165) is 25.0 Å². The first-order valence-electron chi connectivity index (χ1n) is 7.78. The molecule has 116 valence electrons. The minimum absolute atomic E-state index is 0.282. The highest BCUT2D eigenvalue weighted by Crippen LogP contribution is 2.29. The Bertz CT molecular complexity index is 391. The summed E-state index contributed by atoms with van der Waals surface area (Å²) >= 11 is 0. The maximum Gasteiger partial charge on any atom is 0.0640 e. The topological polar surface area (TPSA) is 55.9 Å². The number of nitrogens with one attached hydrogen (secondary N) is 1. The van der Waals surface area contributed by atoms with Gasteiger partial charge in [-0.3, -0.25) is 16.0 Å². The third-order valence-corrected chi connectivity index (χ3v) is 4.51. The molecule has 0 fully saturated rings. The smallest absolute Gasteiger partial charge is 0.0640 e. The molecule has 4 nitrogen and oxygen atoms in total. The van der Waals surface area contributed by atoms with Crippen LogP contribution >= 0.6 is 0 Å². The highest BCUT2D eigenvalue weighted by molar-refractivity contribution is 5.02. The molecule has 0 aliphatic rings. The van der Waals surface area contributed by atoms with E-state index in [0.29, 0.717) is 17.4 Å². The van der Waals surface area contributed by atoms with Crippen LogP contribution < -0.4 is 11.3 Å². The van der Waals surface area contributed by atoms with Gasteiger partial charge in [-0.15, -0.1) is 0 Å². The van der Waals surface area contributed by atoms with Gasteiger partial charge in [-0.05, 0) is 37.2 Å². The highest BCUT2D eigenvalue weighted by atomic mass is 15.3. The van der Waals surface area contributed by atoms with Crippen LogP contribution in [0.2, 0.25) is 0 Å². The van der Waals surface area contributed by atoms with Gasteiger partial charge in [0, 0.05) is 24.7 Å². The number of nitrogens with two attached hydrogens (primary N) is 1. The molecule has 0 amide bonds. The zero-order valence-electron chi connectivity index (χ0n) is 14.0. The van der Waals surface area contributed by atoms with E-state index in [1.165, 1.54) is 0 Å². The number of hydrogen-bond donors (Lipinski definition) is 2. The molecule has 0 saturated heterocycles. The minimum atomic E-state index is 0.282. The first-order chi connectivity index (χ1) is 9.27. The lowest BCUT2D eigenvalue weighted by atomic mass is 9.78.